The van der Waals surface area contributed by atoms with Gasteiger partial charge in [0.05, 0.1) is 37.3 Å². The number of halogens is 1. The molecule has 0 aliphatic carbocycles. The number of hydrogen-bond donors (Lipinski definition) is 1. The normalized spacial score (nSPS) is 21.5. The summed E-state index contributed by atoms with van der Waals surface area (Å²) in [6.07, 6.45) is 0.997. The fourth-order valence-electron chi connectivity index (χ4n) is 5.60. The summed E-state index contributed by atoms with van der Waals surface area (Å²) in [4.78, 5) is 15.1. The van der Waals surface area contributed by atoms with Crippen LogP contribution >= 0.6 is 11.6 Å². The molecule has 0 bridgehead atoms. The first-order chi connectivity index (χ1) is 19.0. The minimum Gasteiger partial charge on any atom is -0.484 e. The highest BCUT2D eigenvalue weighted by Crippen LogP contribution is 2.44. The van der Waals surface area contributed by atoms with E-state index in [0.29, 0.717) is 43.3 Å². The molecule has 0 radical (unpaired) electrons. The number of carbonyl (C=O) groups is 1. The number of morpholine rings is 1. The van der Waals surface area contributed by atoms with E-state index in [2.05, 4.69) is 36.2 Å². The lowest BCUT2D eigenvalue weighted by Crippen LogP contribution is -2.37. The van der Waals surface area contributed by atoms with E-state index in [1.165, 1.54) is 5.56 Å². The number of benzene rings is 3. The van der Waals surface area contributed by atoms with Gasteiger partial charge in [-0.2, -0.15) is 0 Å². The molecule has 5 rings (SSSR count). The van der Waals surface area contributed by atoms with Crippen molar-refractivity contribution in [1.82, 2.24) is 0 Å². The van der Waals surface area contributed by atoms with Gasteiger partial charge >= 0.3 is 0 Å². The SMILES string of the molecule is CC(C)[C@@H]1C[C@H](c2cccc(Cl)c2)CO[C@H]1c1cccc(OCC(=O)Nc2ccccc2N2CCOCC2)c1. The number of nitrogens with one attached hydrogen (secondary N) is 1. The summed E-state index contributed by atoms with van der Waals surface area (Å²) in [5, 5.41) is 3.78. The largest absolute Gasteiger partial charge is 0.484 e. The lowest BCUT2D eigenvalue weighted by Gasteiger charge is -2.39. The maximum atomic E-state index is 12.8. The fourth-order valence-corrected chi connectivity index (χ4v) is 5.80. The van der Waals surface area contributed by atoms with Gasteiger partial charge in [0.2, 0.25) is 0 Å². The molecule has 7 heteroatoms. The van der Waals surface area contributed by atoms with E-state index < -0.39 is 0 Å². The molecular weight excluding hydrogens is 512 g/mol. The van der Waals surface area contributed by atoms with Gasteiger partial charge in [0.25, 0.3) is 5.91 Å². The number of anilines is 2. The topological polar surface area (TPSA) is 60.0 Å². The Labute approximate surface area is 236 Å². The molecule has 206 valence electrons. The summed E-state index contributed by atoms with van der Waals surface area (Å²) in [5.74, 6) is 1.57. The zero-order valence-electron chi connectivity index (χ0n) is 22.6. The molecular formula is C32H37ClN2O4. The van der Waals surface area contributed by atoms with Crippen molar-refractivity contribution in [2.75, 3.05) is 49.7 Å². The van der Waals surface area contributed by atoms with Gasteiger partial charge in [-0.25, -0.2) is 0 Å². The Morgan fingerprint density at radius 2 is 1.79 bits per heavy atom. The zero-order chi connectivity index (χ0) is 27.2. The van der Waals surface area contributed by atoms with Crippen LogP contribution in [0.4, 0.5) is 11.4 Å². The third kappa shape index (κ3) is 6.93. The molecule has 1 N–H and O–H groups in total. The minimum atomic E-state index is -0.195. The molecule has 0 aromatic heterocycles. The second kappa shape index (κ2) is 12.9. The number of para-hydroxylation sites is 2. The molecule has 1 amide bonds. The summed E-state index contributed by atoms with van der Waals surface area (Å²) >= 11 is 6.26. The van der Waals surface area contributed by atoms with E-state index in [-0.39, 0.29) is 18.6 Å². The summed E-state index contributed by atoms with van der Waals surface area (Å²) in [5.41, 5.74) is 4.09. The van der Waals surface area contributed by atoms with Gasteiger partial charge in [0.1, 0.15) is 5.75 Å². The smallest absolute Gasteiger partial charge is 0.262 e. The maximum Gasteiger partial charge on any atom is 0.262 e. The van der Waals surface area contributed by atoms with Crippen molar-refractivity contribution in [2.24, 2.45) is 11.8 Å². The molecule has 0 saturated carbocycles. The molecule has 0 spiro atoms. The molecule has 3 aromatic carbocycles. The molecule has 6 nitrogen and oxygen atoms in total. The van der Waals surface area contributed by atoms with Crippen LogP contribution < -0.4 is 15.0 Å². The van der Waals surface area contributed by atoms with Crippen molar-refractivity contribution in [3.05, 3.63) is 88.9 Å². The Morgan fingerprint density at radius 3 is 2.59 bits per heavy atom. The number of ether oxygens (including phenoxy) is 3. The molecule has 0 unspecified atom stereocenters. The van der Waals surface area contributed by atoms with Crippen molar-refractivity contribution in [3.8, 4) is 5.75 Å². The third-order valence-electron chi connectivity index (χ3n) is 7.69. The van der Waals surface area contributed by atoms with E-state index in [0.717, 1.165) is 41.5 Å². The summed E-state index contributed by atoms with van der Waals surface area (Å²) < 4.78 is 17.9. The lowest BCUT2D eigenvalue weighted by atomic mass is 9.76. The Morgan fingerprint density at radius 1 is 1.03 bits per heavy atom. The average Bonchev–Trinajstić information content (AvgIpc) is 2.96. The van der Waals surface area contributed by atoms with E-state index in [4.69, 9.17) is 25.8 Å². The van der Waals surface area contributed by atoms with E-state index in [1.54, 1.807) is 0 Å². The molecule has 2 aliphatic heterocycles. The van der Waals surface area contributed by atoms with Crippen LogP contribution in [-0.2, 0) is 14.3 Å². The summed E-state index contributed by atoms with van der Waals surface area (Å²) in [7, 11) is 0. The van der Waals surface area contributed by atoms with Crippen LogP contribution in [-0.4, -0.2) is 45.4 Å². The summed E-state index contributed by atoms with van der Waals surface area (Å²) in [6, 6.07) is 23.9. The first kappa shape index (κ1) is 27.5. The monoisotopic (exact) mass is 548 g/mol. The standard InChI is InChI=1S/C32H37ClN2O4/c1-22(2)28-19-25(23-7-5-9-26(33)17-23)20-39-32(28)24-8-6-10-27(18-24)38-21-31(36)34-29-11-3-4-12-30(29)35-13-15-37-16-14-35/h3-12,17-18,22,25,28,32H,13-16,19-21H2,1-2H3,(H,34,36)/t25-,28-,32-/m0/s1. The van der Waals surface area contributed by atoms with E-state index in [1.807, 2.05) is 60.7 Å². The van der Waals surface area contributed by atoms with Gasteiger partial charge in [0, 0.05) is 24.0 Å². The highest BCUT2D eigenvalue weighted by atomic mass is 35.5. The number of carbonyl (C=O) groups excluding carboxylic acids is 1. The molecule has 39 heavy (non-hydrogen) atoms. The van der Waals surface area contributed by atoms with Gasteiger partial charge < -0.3 is 24.4 Å². The molecule has 3 atom stereocenters. The van der Waals surface area contributed by atoms with Crippen molar-refractivity contribution >= 4 is 28.9 Å². The quantitative estimate of drug-likeness (QED) is 0.339. The number of rotatable bonds is 8. The van der Waals surface area contributed by atoms with Gasteiger partial charge in [-0.05, 0) is 65.8 Å². The first-order valence-electron chi connectivity index (χ1n) is 13.8. The van der Waals surface area contributed by atoms with Gasteiger partial charge in [0.15, 0.2) is 6.61 Å². The Bertz CT molecular complexity index is 1260. The molecule has 2 heterocycles. The fraction of sp³-hybridized carbons (Fsp3) is 0.406. The number of amides is 1. The van der Waals surface area contributed by atoms with Crippen LogP contribution in [0.2, 0.25) is 5.02 Å². The minimum absolute atomic E-state index is 0.0294. The number of hydrogen-bond acceptors (Lipinski definition) is 5. The summed E-state index contributed by atoms with van der Waals surface area (Å²) in [6.45, 7) is 8.05. The van der Waals surface area contributed by atoms with Crippen LogP contribution in [0.1, 0.15) is 43.4 Å². The van der Waals surface area contributed by atoms with Crippen molar-refractivity contribution in [3.63, 3.8) is 0 Å². The molecule has 3 aromatic rings. The van der Waals surface area contributed by atoms with Crippen LogP contribution in [0.25, 0.3) is 0 Å². The molecule has 2 aliphatic rings. The first-order valence-corrected chi connectivity index (χ1v) is 14.2. The van der Waals surface area contributed by atoms with E-state index >= 15 is 0 Å². The highest BCUT2D eigenvalue weighted by molar-refractivity contribution is 6.30. The van der Waals surface area contributed by atoms with Crippen LogP contribution in [0.3, 0.4) is 0 Å². The van der Waals surface area contributed by atoms with Crippen LogP contribution in [0.5, 0.6) is 5.75 Å². The lowest BCUT2D eigenvalue weighted by molar-refractivity contribution is -0.118. The Balaban J connectivity index is 1.22. The third-order valence-corrected chi connectivity index (χ3v) is 7.92. The van der Waals surface area contributed by atoms with Gasteiger partial charge in [-0.15, -0.1) is 0 Å². The predicted octanol–water partition coefficient (Wildman–Crippen LogP) is 6.71. The second-order valence-electron chi connectivity index (χ2n) is 10.7. The number of nitrogens with zero attached hydrogens (tertiary/aromatic N) is 1. The van der Waals surface area contributed by atoms with Crippen LogP contribution in [0, 0.1) is 11.8 Å². The molecule has 2 fully saturated rings. The molecule has 2 saturated heterocycles. The Kier molecular flexibility index (Phi) is 9.07. The highest BCUT2D eigenvalue weighted by Gasteiger charge is 2.35. The maximum absolute atomic E-state index is 12.8. The second-order valence-corrected chi connectivity index (χ2v) is 11.1. The van der Waals surface area contributed by atoms with Gasteiger partial charge in [-0.1, -0.05) is 61.8 Å². The van der Waals surface area contributed by atoms with Gasteiger partial charge in [-0.3, -0.25) is 4.79 Å². The van der Waals surface area contributed by atoms with Crippen molar-refractivity contribution < 1.29 is 19.0 Å². The predicted molar refractivity (Wildman–Crippen MR) is 156 cm³/mol. The van der Waals surface area contributed by atoms with Crippen molar-refractivity contribution in [2.45, 2.75) is 32.3 Å². The van der Waals surface area contributed by atoms with E-state index in [9.17, 15) is 4.79 Å². The zero-order valence-corrected chi connectivity index (χ0v) is 23.4. The average molecular weight is 549 g/mol. The van der Waals surface area contributed by atoms with Crippen LogP contribution in [0.15, 0.2) is 72.8 Å². The Hall–Kier alpha value is -3.06. The van der Waals surface area contributed by atoms with Crippen molar-refractivity contribution in [1.29, 1.82) is 0 Å².